The van der Waals surface area contributed by atoms with E-state index in [4.69, 9.17) is 17.3 Å². The third kappa shape index (κ3) is 4.31. The van der Waals surface area contributed by atoms with Crippen LogP contribution in [-0.4, -0.2) is 24.7 Å². The molecule has 1 aliphatic rings. The van der Waals surface area contributed by atoms with Gasteiger partial charge in [0.05, 0.1) is 10.9 Å². The second kappa shape index (κ2) is 7.96. The Balaban J connectivity index is 2.00. The first-order chi connectivity index (χ1) is 12.8. The summed E-state index contributed by atoms with van der Waals surface area (Å²) in [6, 6.07) is 11.0. The zero-order chi connectivity index (χ0) is 19.6. The van der Waals surface area contributed by atoms with Gasteiger partial charge in [-0.25, -0.2) is 12.8 Å². The zero-order valence-corrected chi connectivity index (χ0v) is 16.1. The van der Waals surface area contributed by atoms with E-state index in [-0.39, 0.29) is 23.2 Å². The highest BCUT2D eigenvalue weighted by atomic mass is 35.5. The molecule has 1 amide bonds. The highest BCUT2D eigenvalue weighted by molar-refractivity contribution is 7.89. The maximum atomic E-state index is 13.3. The molecule has 0 aliphatic carbocycles. The summed E-state index contributed by atoms with van der Waals surface area (Å²) in [5.74, 6) is -0.849. The molecule has 1 fully saturated rings. The van der Waals surface area contributed by atoms with E-state index in [0.717, 1.165) is 5.56 Å². The van der Waals surface area contributed by atoms with E-state index in [0.29, 0.717) is 24.3 Å². The standard InChI is InChI=1S/C19H20ClFN2O3S/c20-14-3-9-17(10-4-14)27(25,26)23-16(8-12-19(22)24)7-11-18(23)13-1-5-15(21)6-2-13/h1-6,9-10,16,18H,7-8,11-12H2,(H2,22,24). The van der Waals surface area contributed by atoms with Gasteiger partial charge in [-0.05, 0) is 61.2 Å². The highest BCUT2D eigenvalue weighted by Crippen LogP contribution is 2.42. The molecule has 144 valence electrons. The lowest BCUT2D eigenvalue weighted by molar-refractivity contribution is -0.118. The van der Waals surface area contributed by atoms with Gasteiger partial charge in [0, 0.05) is 17.5 Å². The van der Waals surface area contributed by atoms with Crippen LogP contribution in [0.25, 0.3) is 0 Å². The average molecular weight is 411 g/mol. The Bertz CT molecular complexity index is 917. The predicted octanol–water partition coefficient (Wildman–Crippen LogP) is 3.64. The quantitative estimate of drug-likeness (QED) is 0.789. The Morgan fingerprint density at radius 2 is 1.74 bits per heavy atom. The lowest BCUT2D eigenvalue weighted by atomic mass is 10.0. The number of halogens is 2. The number of amides is 1. The molecule has 1 aliphatic heterocycles. The number of hydrogen-bond acceptors (Lipinski definition) is 3. The fourth-order valence-corrected chi connectivity index (χ4v) is 5.55. The Morgan fingerprint density at radius 1 is 1.11 bits per heavy atom. The summed E-state index contributed by atoms with van der Waals surface area (Å²) in [7, 11) is -3.83. The summed E-state index contributed by atoms with van der Waals surface area (Å²) < 4.78 is 41.4. The van der Waals surface area contributed by atoms with E-state index < -0.39 is 22.0 Å². The van der Waals surface area contributed by atoms with Crippen LogP contribution in [0.1, 0.15) is 37.3 Å². The fraction of sp³-hybridized carbons (Fsp3) is 0.316. The maximum Gasteiger partial charge on any atom is 0.243 e. The van der Waals surface area contributed by atoms with Crippen molar-refractivity contribution in [2.75, 3.05) is 0 Å². The van der Waals surface area contributed by atoms with Gasteiger partial charge in [0.1, 0.15) is 5.82 Å². The molecule has 0 aromatic heterocycles. The summed E-state index contributed by atoms with van der Waals surface area (Å²) in [6.45, 7) is 0. The van der Waals surface area contributed by atoms with Crippen LogP contribution in [0.5, 0.6) is 0 Å². The number of carbonyl (C=O) groups is 1. The molecule has 0 bridgehead atoms. The van der Waals surface area contributed by atoms with Crippen LogP contribution < -0.4 is 5.73 Å². The monoisotopic (exact) mass is 410 g/mol. The Hall–Kier alpha value is -1.96. The molecule has 2 unspecified atom stereocenters. The third-order valence-corrected chi connectivity index (χ3v) is 7.04. The minimum absolute atomic E-state index is 0.105. The molecule has 8 heteroatoms. The lowest BCUT2D eigenvalue weighted by Crippen LogP contribution is -2.38. The van der Waals surface area contributed by atoms with Crippen molar-refractivity contribution in [1.29, 1.82) is 0 Å². The van der Waals surface area contributed by atoms with Crippen molar-refractivity contribution in [2.45, 2.75) is 42.7 Å². The largest absolute Gasteiger partial charge is 0.370 e. The summed E-state index contributed by atoms with van der Waals surface area (Å²) in [6.07, 6.45) is 1.64. The number of hydrogen-bond donors (Lipinski definition) is 1. The Kier molecular flexibility index (Phi) is 5.83. The van der Waals surface area contributed by atoms with E-state index in [9.17, 15) is 17.6 Å². The van der Waals surface area contributed by atoms with Crippen molar-refractivity contribution in [3.63, 3.8) is 0 Å². The molecular formula is C19H20ClFN2O3S. The molecule has 1 heterocycles. The molecule has 3 rings (SSSR count). The van der Waals surface area contributed by atoms with Gasteiger partial charge in [-0.15, -0.1) is 0 Å². The molecule has 0 spiro atoms. The normalized spacial score (nSPS) is 20.7. The van der Waals surface area contributed by atoms with Gasteiger partial charge >= 0.3 is 0 Å². The Morgan fingerprint density at radius 3 is 2.33 bits per heavy atom. The van der Waals surface area contributed by atoms with Crippen molar-refractivity contribution >= 4 is 27.5 Å². The molecule has 0 radical (unpaired) electrons. The van der Waals surface area contributed by atoms with Crippen LogP contribution in [0.2, 0.25) is 5.02 Å². The topological polar surface area (TPSA) is 80.5 Å². The van der Waals surface area contributed by atoms with Crippen LogP contribution in [0.4, 0.5) is 4.39 Å². The van der Waals surface area contributed by atoms with Gasteiger partial charge in [0.25, 0.3) is 0 Å². The molecule has 27 heavy (non-hydrogen) atoms. The Labute approximate surface area is 163 Å². The van der Waals surface area contributed by atoms with Crippen molar-refractivity contribution < 1.29 is 17.6 Å². The molecule has 0 saturated carbocycles. The SMILES string of the molecule is NC(=O)CCC1CCC(c2ccc(F)cc2)N1S(=O)(=O)c1ccc(Cl)cc1. The van der Waals surface area contributed by atoms with Crippen LogP contribution in [-0.2, 0) is 14.8 Å². The predicted molar refractivity (Wildman–Crippen MR) is 101 cm³/mol. The van der Waals surface area contributed by atoms with Gasteiger partial charge in [0.15, 0.2) is 0 Å². The van der Waals surface area contributed by atoms with Gasteiger partial charge < -0.3 is 5.73 Å². The van der Waals surface area contributed by atoms with Crippen molar-refractivity contribution in [3.05, 3.63) is 64.9 Å². The number of primary amides is 1. The first-order valence-electron chi connectivity index (χ1n) is 8.62. The third-order valence-electron chi connectivity index (χ3n) is 4.81. The number of nitrogens with two attached hydrogens (primary N) is 1. The first kappa shape index (κ1) is 19.8. The van der Waals surface area contributed by atoms with Gasteiger partial charge in [-0.2, -0.15) is 4.31 Å². The molecule has 2 aromatic carbocycles. The first-order valence-corrected chi connectivity index (χ1v) is 10.4. The molecule has 5 nitrogen and oxygen atoms in total. The number of nitrogens with zero attached hydrogens (tertiary/aromatic N) is 1. The van der Waals surface area contributed by atoms with Gasteiger partial charge in [-0.3, -0.25) is 4.79 Å². The van der Waals surface area contributed by atoms with Crippen LogP contribution in [0.3, 0.4) is 0 Å². The van der Waals surface area contributed by atoms with Gasteiger partial charge in [0.2, 0.25) is 15.9 Å². The summed E-state index contributed by atoms with van der Waals surface area (Å²) in [4.78, 5) is 11.3. The summed E-state index contributed by atoms with van der Waals surface area (Å²) >= 11 is 5.88. The number of rotatable bonds is 6. The van der Waals surface area contributed by atoms with E-state index in [1.54, 1.807) is 12.1 Å². The van der Waals surface area contributed by atoms with Crippen molar-refractivity contribution in [3.8, 4) is 0 Å². The van der Waals surface area contributed by atoms with Gasteiger partial charge in [-0.1, -0.05) is 23.7 Å². The molecule has 2 atom stereocenters. The maximum absolute atomic E-state index is 13.3. The van der Waals surface area contributed by atoms with Crippen molar-refractivity contribution in [2.24, 2.45) is 5.73 Å². The van der Waals surface area contributed by atoms with E-state index in [1.807, 2.05) is 0 Å². The highest BCUT2D eigenvalue weighted by Gasteiger charge is 2.42. The van der Waals surface area contributed by atoms with Crippen LogP contribution in [0.15, 0.2) is 53.4 Å². The van der Waals surface area contributed by atoms with Crippen LogP contribution >= 0.6 is 11.6 Å². The number of carbonyl (C=O) groups excluding carboxylic acids is 1. The smallest absolute Gasteiger partial charge is 0.243 e. The molecule has 2 aromatic rings. The molecule has 1 saturated heterocycles. The minimum atomic E-state index is -3.83. The molecular weight excluding hydrogens is 391 g/mol. The van der Waals surface area contributed by atoms with E-state index >= 15 is 0 Å². The summed E-state index contributed by atoms with van der Waals surface area (Å²) in [5, 5.41) is 0.440. The minimum Gasteiger partial charge on any atom is -0.370 e. The second-order valence-corrected chi connectivity index (χ2v) is 8.87. The zero-order valence-electron chi connectivity index (χ0n) is 14.5. The van der Waals surface area contributed by atoms with E-state index in [2.05, 4.69) is 0 Å². The number of sulfonamides is 1. The average Bonchev–Trinajstić information content (AvgIpc) is 3.06. The number of benzene rings is 2. The summed E-state index contributed by atoms with van der Waals surface area (Å²) in [5.41, 5.74) is 5.97. The van der Waals surface area contributed by atoms with E-state index in [1.165, 1.54) is 40.7 Å². The lowest BCUT2D eigenvalue weighted by Gasteiger charge is -2.29. The van der Waals surface area contributed by atoms with Crippen molar-refractivity contribution in [1.82, 2.24) is 4.31 Å². The molecule has 2 N–H and O–H groups in total. The van der Waals surface area contributed by atoms with Crippen LogP contribution in [0, 0.1) is 5.82 Å². The fourth-order valence-electron chi connectivity index (χ4n) is 3.53. The second-order valence-electron chi connectivity index (χ2n) is 6.59.